The molecule has 17 heavy (non-hydrogen) atoms. The fourth-order valence-corrected chi connectivity index (χ4v) is 3.25. The summed E-state index contributed by atoms with van der Waals surface area (Å²) in [6.45, 7) is 2.15. The van der Waals surface area contributed by atoms with Gasteiger partial charge < -0.3 is 10.4 Å². The Morgan fingerprint density at radius 3 is 2.76 bits per heavy atom. The SMILES string of the molecule is Cc1nsc(N[C@H](CCO)C2CCCCC2)n1. The first-order valence-corrected chi connectivity index (χ1v) is 7.24. The smallest absolute Gasteiger partial charge is 0.202 e. The zero-order valence-electron chi connectivity index (χ0n) is 10.4. The van der Waals surface area contributed by atoms with Gasteiger partial charge in [0.05, 0.1) is 0 Å². The number of hydrogen-bond donors (Lipinski definition) is 2. The third-order valence-electron chi connectivity index (χ3n) is 3.50. The lowest BCUT2D eigenvalue weighted by atomic mass is 9.83. The second-order valence-electron chi connectivity index (χ2n) is 4.81. The molecule has 2 rings (SSSR count). The monoisotopic (exact) mass is 255 g/mol. The molecular formula is C12H21N3OS. The average molecular weight is 255 g/mol. The van der Waals surface area contributed by atoms with Crippen LogP contribution in [0.25, 0.3) is 0 Å². The number of nitrogens with one attached hydrogen (secondary N) is 1. The minimum Gasteiger partial charge on any atom is -0.396 e. The molecule has 1 aromatic heterocycles. The van der Waals surface area contributed by atoms with E-state index in [2.05, 4.69) is 14.7 Å². The predicted molar refractivity (Wildman–Crippen MR) is 70.3 cm³/mol. The first-order chi connectivity index (χ1) is 8.29. The number of aliphatic hydroxyl groups is 1. The third-order valence-corrected chi connectivity index (χ3v) is 4.23. The van der Waals surface area contributed by atoms with Gasteiger partial charge in [-0.1, -0.05) is 19.3 Å². The average Bonchev–Trinajstić information content (AvgIpc) is 2.75. The van der Waals surface area contributed by atoms with E-state index in [-0.39, 0.29) is 6.61 Å². The second-order valence-corrected chi connectivity index (χ2v) is 5.56. The van der Waals surface area contributed by atoms with Crippen molar-refractivity contribution < 1.29 is 5.11 Å². The van der Waals surface area contributed by atoms with E-state index >= 15 is 0 Å². The lowest BCUT2D eigenvalue weighted by Crippen LogP contribution is -2.31. The number of rotatable bonds is 5. The van der Waals surface area contributed by atoms with Gasteiger partial charge in [-0.25, -0.2) is 4.98 Å². The molecule has 0 bridgehead atoms. The summed E-state index contributed by atoms with van der Waals surface area (Å²) in [5, 5.41) is 13.5. The van der Waals surface area contributed by atoms with Crippen molar-refractivity contribution in [2.45, 2.75) is 51.5 Å². The molecule has 1 atom stereocenters. The van der Waals surface area contributed by atoms with Crippen LogP contribution in [0, 0.1) is 12.8 Å². The van der Waals surface area contributed by atoms with Crippen LogP contribution < -0.4 is 5.32 Å². The topological polar surface area (TPSA) is 58.0 Å². The maximum Gasteiger partial charge on any atom is 0.202 e. The zero-order chi connectivity index (χ0) is 12.1. The summed E-state index contributed by atoms with van der Waals surface area (Å²) in [6, 6.07) is 0.354. The van der Waals surface area contributed by atoms with Crippen LogP contribution in [0.1, 0.15) is 44.3 Å². The quantitative estimate of drug-likeness (QED) is 0.849. The lowest BCUT2D eigenvalue weighted by molar-refractivity contribution is 0.239. The maximum atomic E-state index is 9.18. The van der Waals surface area contributed by atoms with Crippen LogP contribution in [-0.2, 0) is 0 Å². The largest absolute Gasteiger partial charge is 0.396 e. The van der Waals surface area contributed by atoms with Gasteiger partial charge >= 0.3 is 0 Å². The minimum absolute atomic E-state index is 0.242. The standard InChI is InChI=1S/C12H21N3OS/c1-9-13-12(17-15-9)14-11(7-8-16)10-5-3-2-4-6-10/h10-11,16H,2-8H2,1H3,(H,13,14,15)/t11-/m1/s1. The molecule has 0 aromatic carbocycles. The van der Waals surface area contributed by atoms with Crippen molar-refractivity contribution >= 4 is 16.7 Å². The Bertz CT molecular complexity index is 336. The van der Waals surface area contributed by atoms with Crippen molar-refractivity contribution in [3.8, 4) is 0 Å². The van der Waals surface area contributed by atoms with Crippen molar-refractivity contribution in [1.29, 1.82) is 0 Å². The number of aliphatic hydroxyl groups excluding tert-OH is 1. The molecule has 1 aliphatic rings. The summed E-state index contributed by atoms with van der Waals surface area (Å²) >= 11 is 1.41. The molecular weight excluding hydrogens is 234 g/mol. The highest BCUT2D eigenvalue weighted by Crippen LogP contribution is 2.29. The summed E-state index contributed by atoms with van der Waals surface area (Å²) in [5.41, 5.74) is 0. The number of aromatic nitrogens is 2. The lowest BCUT2D eigenvalue weighted by Gasteiger charge is -2.30. The molecule has 0 amide bonds. The Morgan fingerprint density at radius 2 is 2.18 bits per heavy atom. The van der Waals surface area contributed by atoms with Crippen molar-refractivity contribution in [2.24, 2.45) is 5.92 Å². The van der Waals surface area contributed by atoms with E-state index < -0.39 is 0 Å². The number of aryl methyl sites for hydroxylation is 1. The van der Waals surface area contributed by atoms with Gasteiger partial charge in [-0.3, -0.25) is 0 Å². The molecule has 96 valence electrons. The van der Waals surface area contributed by atoms with Crippen LogP contribution in [-0.4, -0.2) is 27.1 Å². The van der Waals surface area contributed by atoms with Gasteiger partial charge in [0.15, 0.2) is 0 Å². The highest BCUT2D eigenvalue weighted by Gasteiger charge is 2.23. The molecule has 2 N–H and O–H groups in total. The molecule has 0 unspecified atom stereocenters. The Labute approximate surface area is 107 Å². The van der Waals surface area contributed by atoms with Crippen molar-refractivity contribution in [3.63, 3.8) is 0 Å². The minimum atomic E-state index is 0.242. The maximum absolute atomic E-state index is 9.18. The summed E-state index contributed by atoms with van der Waals surface area (Å²) in [5.74, 6) is 1.50. The summed E-state index contributed by atoms with van der Waals surface area (Å²) in [4.78, 5) is 4.34. The van der Waals surface area contributed by atoms with Crippen LogP contribution in [0.4, 0.5) is 5.13 Å². The zero-order valence-corrected chi connectivity index (χ0v) is 11.2. The van der Waals surface area contributed by atoms with E-state index in [0.29, 0.717) is 12.0 Å². The van der Waals surface area contributed by atoms with Crippen LogP contribution >= 0.6 is 11.5 Å². The summed E-state index contributed by atoms with van der Waals surface area (Å²) in [6.07, 6.45) is 7.36. The van der Waals surface area contributed by atoms with Gasteiger partial charge in [0.25, 0.3) is 0 Å². The molecule has 0 radical (unpaired) electrons. The van der Waals surface area contributed by atoms with Gasteiger partial charge in [-0.2, -0.15) is 4.37 Å². The number of anilines is 1. The van der Waals surface area contributed by atoms with Crippen molar-refractivity contribution in [1.82, 2.24) is 9.36 Å². The van der Waals surface area contributed by atoms with Crippen LogP contribution in [0.15, 0.2) is 0 Å². The first-order valence-electron chi connectivity index (χ1n) is 6.47. The van der Waals surface area contributed by atoms with Gasteiger partial charge in [0, 0.05) is 24.2 Å². The highest BCUT2D eigenvalue weighted by atomic mass is 32.1. The first kappa shape index (κ1) is 12.8. The molecule has 1 fully saturated rings. The van der Waals surface area contributed by atoms with E-state index in [1.807, 2.05) is 6.92 Å². The fourth-order valence-electron chi connectivity index (χ4n) is 2.62. The number of hydrogen-bond acceptors (Lipinski definition) is 5. The van der Waals surface area contributed by atoms with Gasteiger partial charge in [0.2, 0.25) is 5.13 Å². The molecule has 1 aliphatic carbocycles. The molecule has 1 saturated carbocycles. The van der Waals surface area contributed by atoms with Crippen LogP contribution in [0.3, 0.4) is 0 Å². The van der Waals surface area contributed by atoms with Gasteiger partial charge in [-0.05, 0) is 32.1 Å². The Balaban J connectivity index is 1.95. The summed E-state index contributed by atoms with van der Waals surface area (Å²) < 4.78 is 4.18. The Morgan fingerprint density at radius 1 is 1.41 bits per heavy atom. The Hall–Kier alpha value is -0.680. The molecule has 0 saturated heterocycles. The molecule has 0 spiro atoms. The van der Waals surface area contributed by atoms with E-state index in [1.54, 1.807) is 0 Å². The molecule has 0 aliphatic heterocycles. The second kappa shape index (κ2) is 6.31. The van der Waals surface area contributed by atoms with Gasteiger partial charge in [0.1, 0.15) is 5.82 Å². The van der Waals surface area contributed by atoms with Crippen LogP contribution in [0.5, 0.6) is 0 Å². The molecule has 1 heterocycles. The third kappa shape index (κ3) is 3.64. The van der Waals surface area contributed by atoms with E-state index in [1.165, 1.54) is 43.6 Å². The summed E-state index contributed by atoms with van der Waals surface area (Å²) in [7, 11) is 0. The normalized spacial score (nSPS) is 19.2. The number of nitrogens with zero attached hydrogens (tertiary/aromatic N) is 2. The fraction of sp³-hybridized carbons (Fsp3) is 0.833. The van der Waals surface area contributed by atoms with Crippen molar-refractivity contribution in [3.05, 3.63) is 5.82 Å². The van der Waals surface area contributed by atoms with Crippen LogP contribution in [0.2, 0.25) is 0 Å². The molecule has 1 aromatic rings. The molecule has 5 heteroatoms. The van der Waals surface area contributed by atoms with E-state index in [9.17, 15) is 5.11 Å². The molecule has 4 nitrogen and oxygen atoms in total. The highest BCUT2D eigenvalue weighted by molar-refractivity contribution is 7.09. The van der Waals surface area contributed by atoms with Gasteiger partial charge in [-0.15, -0.1) is 0 Å². The Kier molecular flexibility index (Phi) is 4.74. The van der Waals surface area contributed by atoms with Crippen molar-refractivity contribution in [2.75, 3.05) is 11.9 Å². The van der Waals surface area contributed by atoms with E-state index in [0.717, 1.165) is 17.4 Å². The predicted octanol–water partition coefficient (Wildman–Crippen LogP) is 2.59. The van der Waals surface area contributed by atoms with E-state index in [4.69, 9.17) is 0 Å².